The highest BCUT2D eigenvalue weighted by Gasteiger charge is 2.24. The Morgan fingerprint density at radius 2 is 1.02 bits per heavy atom. The van der Waals surface area contributed by atoms with Gasteiger partial charge in [0.2, 0.25) is 0 Å². The lowest BCUT2D eigenvalue weighted by molar-refractivity contribution is 0.669. The van der Waals surface area contributed by atoms with Gasteiger partial charge in [-0.25, -0.2) is 15.0 Å². The number of furan rings is 1. The van der Waals surface area contributed by atoms with Gasteiger partial charge in [-0.05, 0) is 47.2 Å². The van der Waals surface area contributed by atoms with Crippen LogP contribution in [0.3, 0.4) is 0 Å². The summed E-state index contributed by atoms with van der Waals surface area (Å²) < 4.78 is 9.05. The molecule has 0 fully saturated rings. The van der Waals surface area contributed by atoms with E-state index >= 15 is 0 Å². The standard InChI is InChI=1S/C43H26N4O/c1-2-13-28(14-3-1)41-44-42(30-23-22-27-12-4-5-15-29(27)26-30)46-43(45-41)39-37(25-24-34-33-18-8-11-21-38(33)48-40(34)39)47-35-19-9-6-16-31(35)32-17-7-10-20-36(32)47/h1-26H. The molecule has 0 N–H and O–H groups in total. The molecule has 0 bridgehead atoms. The van der Waals surface area contributed by atoms with Crippen LogP contribution in [0.25, 0.3) is 94.4 Å². The van der Waals surface area contributed by atoms with Crippen molar-refractivity contribution in [1.82, 2.24) is 19.5 Å². The molecule has 0 aliphatic heterocycles. The quantitative estimate of drug-likeness (QED) is 0.198. The van der Waals surface area contributed by atoms with Crippen LogP contribution in [0.2, 0.25) is 0 Å². The van der Waals surface area contributed by atoms with Crippen molar-refractivity contribution in [2.75, 3.05) is 0 Å². The Kier molecular flexibility index (Phi) is 5.81. The van der Waals surface area contributed by atoms with E-state index in [9.17, 15) is 0 Å². The van der Waals surface area contributed by atoms with E-state index in [1.165, 1.54) is 16.2 Å². The van der Waals surface area contributed by atoms with E-state index in [2.05, 4.69) is 114 Å². The van der Waals surface area contributed by atoms with Crippen LogP contribution >= 0.6 is 0 Å². The van der Waals surface area contributed by atoms with Crippen molar-refractivity contribution in [3.8, 4) is 39.9 Å². The SMILES string of the molecule is c1ccc(-c2nc(-c3ccc4ccccc4c3)nc(-c3c(-n4c5ccccc5c5ccccc54)ccc4c3oc3ccccc34)n2)cc1. The van der Waals surface area contributed by atoms with Crippen molar-refractivity contribution in [3.05, 3.63) is 158 Å². The monoisotopic (exact) mass is 614 g/mol. The maximum Gasteiger partial charge on any atom is 0.170 e. The second-order valence-electron chi connectivity index (χ2n) is 12.0. The van der Waals surface area contributed by atoms with E-state index in [4.69, 9.17) is 19.4 Å². The van der Waals surface area contributed by atoms with Crippen molar-refractivity contribution in [2.24, 2.45) is 0 Å². The van der Waals surface area contributed by atoms with E-state index in [1.54, 1.807) is 0 Å². The Balaban J connectivity index is 1.34. The zero-order valence-corrected chi connectivity index (χ0v) is 25.7. The Morgan fingerprint density at radius 3 is 1.79 bits per heavy atom. The highest BCUT2D eigenvalue weighted by Crippen LogP contribution is 2.42. The van der Waals surface area contributed by atoms with Crippen LogP contribution in [-0.2, 0) is 0 Å². The summed E-state index contributed by atoms with van der Waals surface area (Å²) in [4.78, 5) is 15.5. The van der Waals surface area contributed by atoms with Gasteiger partial charge in [0.1, 0.15) is 11.2 Å². The van der Waals surface area contributed by atoms with Crippen molar-refractivity contribution in [3.63, 3.8) is 0 Å². The summed E-state index contributed by atoms with van der Waals surface area (Å²) in [5, 5.41) is 6.72. The molecule has 3 aromatic heterocycles. The number of fused-ring (bicyclic) bond motifs is 7. The number of nitrogens with zero attached hydrogens (tertiary/aromatic N) is 4. The molecule has 0 atom stereocenters. The van der Waals surface area contributed by atoms with Crippen LogP contribution in [-0.4, -0.2) is 19.5 Å². The predicted octanol–water partition coefficient (Wildman–Crippen LogP) is 11.0. The zero-order chi connectivity index (χ0) is 31.6. The third-order valence-electron chi connectivity index (χ3n) is 9.24. The van der Waals surface area contributed by atoms with Crippen LogP contribution in [0.5, 0.6) is 0 Å². The number of benzene rings is 7. The molecule has 0 unspecified atom stereocenters. The second kappa shape index (κ2) is 10.5. The number of rotatable bonds is 4. The zero-order valence-electron chi connectivity index (χ0n) is 25.7. The summed E-state index contributed by atoms with van der Waals surface area (Å²) in [6.45, 7) is 0. The van der Waals surface area contributed by atoms with E-state index in [1.807, 2.05) is 48.5 Å². The van der Waals surface area contributed by atoms with Crippen molar-refractivity contribution < 1.29 is 4.42 Å². The Morgan fingerprint density at radius 1 is 0.417 bits per heavy atom. The average molecular weight is 615 g/mol. The van der Waals surface area contributed by atoms with E-state index < -0.39 is 0 Å². The number of hydrogen-bond acceptors (Lipinski definition) is 4. The highest BCUT2D eigenvalue weighted by molar-refractivity contribution is 6.13. The molecular weight excluding hydrogens is 589 g/mol. The Hall–Kier alpha value is -6.59. The van der Waals surface area contributed by atoms with Crippen LogP contribution in [0, 0.1) is 0 Å². The summed E-state index contributed by atoms with van der Waals surface area (Å²) in [5.74, 6) is 1.75. The van der Waals surface area contributed by atoms with Gasteiger partial charge in [0.15, 0.2) is 17.5 Å². The fourth-order valence-electron chi connectivity index (χ4n) is 7.02. The van der Waals surface area contributed by atoms with Gasteiger partial charge in [-0.15, -0.1) is 0 Å². The van der Waals surface area contributed by atoms with Gasteiger partial charge in [0.05, 0.1) is 22.3 Å². The number of para-hydroxylation sites is 3. The Bertz CT molecular complexity index is 2800. The lowest BCUT2D eigenvalue weighted by Crippen LogP contribution is -2.04. The summed E-state index contributed by atoms with van der Waals surface area (Å²) in [5.41, 5.74) is 7.35. The van der Waals surface area contributed by atoms with E-state index in [0.29, 0.717) is 17.5 Å². The Labute approximate surface area is 275 Å². The molecule has 0 aliphatic carbocycles. The summed E-state index contributed by atoms with van der Waals surface area (Å²) >= 11 is 0. The van der Waals surface area contributed by atoms with Crippen molar-refractivity contribution in [2.45, 2.75) is 0 Å². The fourth-order valence-corrected chi connectivity index (χ4v) is 7.02. The van der Waals surface area contributed by atoms with Crippen LogP contribution < -0.4 is 0 Å². The molecule has 10 rings (SSSR count). The number of aromatic nitrogens is 4. The maximum atomic E-state index is 6.74. The van der Waals surface area contributed by atoms with Gasteiger partial charge in [-0.2, -0.15) is 0 Å². The predicted molar refractivity (Wildman–Crippen MR) is 195 cm³/mol. The highest BCUT2D eigenvalue weighted by atomic mass is 16.3. The first-order chi connectivity index (χ1) is 23.8. The van der Waals surface area contributed by atoms with Gasteiger partial charge in [-0.3, -0.25) is 0 Å². The molecule has 7 aromatic carbocycles. The molecule has 0 aliphatic rings. The normalized spacial score (nSPS) is 11.8. The van der Waals surface area contributed by atoms with Gasteiger partial charge < -0.3 is 8.98 Å². The largest absolute Gasteiger partial charge is 0.455 e. The van der Waals surface area contributed by atoms with Crippen LogP contribution in [0.4, 0.5) is 0 Å². The fraction of sp³-hybridized carbons (Fsp3) is 0. The average Bonchev–Trinajstić information content (AvgIpc) is 3.70. The van der Waals surface area contributed by atoms with E-state index in [0.717, 1.165) is 60.7 Å². The lowest BCUT2D eigenvalue weighted by Gasteiger charge is -2.15. The molecule has 224 valence electrons. The minimum Gasteiger partial charge on any atom is -0.455 e. The molecule has 0 saturated heterocycles. The lowest BCUT2D eigenvalue weighted by atomic mass is 10.0. The first kappa shape index (κ1) is 26.6. The van der Waals surface area contributed by atoms with Gasteiger partial charge in [0.25, 0.3) is 0 Å². The summed E-state index contributed by atoms with van der Waals surface area (Å²) in [6.07, 6.45) is 0. The molecule has 3 heterocycles. The minimum atomic E-state index is 0.550. The summed E-state index contributed by atoms with van der Waals surface area (Å²) in [7, 11) is 0. The van der Waals surface area contributed by atoms with Gasteiger partial charge in [0, 0.05) is 32.7 Å². The molecule has 10 aromatic rings. The van der Waals surface area contributed by atoms with Gasteiger partial charge >= 0.3 is 0 Å². The molecule has 48 heavy (non-hydrogen) atoms. The second-order valence-corrected chi connectivity index (χ2v) is 12.0. The number of hydrogen-bond donors (Lipinski definition) is 0. The third kappa shape index (κ3) is 4.08. The summed E-state index contributed by atoms with van der Waals surface area (Å²) in [6, 6.07) is 54.4. The molecule has 5 heteroatoms. The topological polar surface area (TPSA) is 56.7 Å². The molecular formula is C43H26N4O. The van der Waals surface area contributed by atoms with Crippen molar-refractivity contribution in [1.29, 1.82) is 0 Å². The molecule has 0 radical (unpaired) electrons. The van der Waals surface area contributed by atoms with Crippen LogP contribution in [0.1, 0.15) is 0 Å². The first-order valence-electron chi connectivity index (χ1n) is 16.0. The molecule has 0 amide bonds. The molecule has 0 spiro atoms. The molecule has 0 saturated carbocycles. The molecule has 5 nitrogen and oxygen atoms in total. The van der Waals surface area contributed by atoms with Gasteiger partial charge in [-0.1, -0.05) is 121 Å². The maximum absolute atomic E-state index is 6.74. The van der Waals surface area contributed by atoms with Crippen molar-refractivity contribution >= 4 is 54.5 Å². The smallest absolute Gasteiger partial charge is 0.170 e. The van der Waals surface area contributed by atoms with E-state index in [-0.39, 0.29) is 0 Å². The first-order valence-corrected chi connectivity index (χ1v) is 16.0. The minimum absolute atomic E-state index is 0.550. The third-order valence-corrected chi connectivity index (χ3v) is 9.24. The van der Waals surface area contributed by atoms with Crippen LogP contribution in [0.15, 0.2) is 162 Å².